The number of anilines is 1. The van der Waals surface area contributed by atoms with Gasteiger partial charge < -0.3 is 10.2 Å². The van der Waals surface area contributed by atoms with E-state index >= 15 is 0 Å². The molecule has 1 N–H and O–H groups in total. The summed E-state index contributed by atoms with van der Waals surface area (Å²) >= 11 is 0. The van der Waals surface area contributed by atoms with Crippen molar-refractivity contribution in [3.05, 3.63) is 66.3 Å². The first kappa shape index (κ1) is 17.0. The summed E-state index contributed by atoms with van der Waals surface area (Å²) in [5.41, 5.74) is 0.909. The van der Waals surface area contributed by atoms with E-state index in [0.717, 1.165) is 11.4 Å². The first-order chi connectivity index (χ1) is 12.0. The van der Waals surface area contributed by atoms with Gasteiger partial charge in [-0.1, -0.05) is 12.1 Å². The molecule has 0 bridgehead atoms. The van der Waals surface area contributed by atoms with E-state index < -0.39 is 0 Å². The third-order valence-electron chi connectivity index (χ3n) is 4.03. The molecular formula is C18H21FN6. The van der Waals surface area contributed by atoms with Gasteiger partial charge in [0.05, 0.1) is 18.4 Å². The standard InChI is InChI=1S/C18H21FN6/c1-13-21-7-8-25(13)18-12-20-11-17(23-18)22-10-16(24(2)3)14-5-4-6-15(19)9-14/h4-9,11-12,16H,10H2,1-3H3,(H,22,23)/t16-/m1/s1. The molecule has 2 aromatic heterocycles. The minimum atomic E-state index is -0.235. The van der Waals surface area contributed by atoms with Crippen LogP contribution in [0, 0.1) is 12.7 Å². The van der Waals surface area contributed by atoms with E-state index in [1.807, 2.05) is 42.7 Å². The van der Waals surface area contributed by atoms with E-state index in [1.165, 1.54) is 6.07 Å². The number of imidazole rings is 1. The number of nitrogens with one attached hydrogen (secondary N) is 1. The molecule has 25 heavy (non-hydrogen) atoms. The third-order valence-corrected chi connectivity index (χ3v) is 4.03. The summed E-state index contributed by atoms with van der Waals surface area (Å²) in [6.45, 7) is 2.49. The highest BCUT2D eigenvalue weighted by molar-refractivity contribution is 5.37. The molecule has 1 atom stereocenters. The molecule has 0 amide bonds. The molecular weight excluding hydrogens is 319 g/mol. The van der Waals surface area contributed by atoms with Crippen LogP contribution in [0.25, 0.3) is 5.82 Å². The zero-order valence-electron chi connectivity index (χ0n) is 14.5. The minimum absolute atomic E-state index is 0.0103. The Labute approximate surface area is 146 Å². The molecule has 1 aromatic carbocycles. The second-order valence-corrected chi connectivity index (χ2v) is 6.02. The molecule has 7 heteroatoms. The minimum Gasteiger partial charge on any atom is -0.367 e. The second kappa shape index (κ2) is 7.40. The van der Waals surface area contributed by atoms with Gasteiger partial charge in [0.25, 0.3) is 0 Å². The lowest BCUT2D eigenvalue weighted by Crippen LogP contribution is -2.27. The van der Waals surface area contributed by atoms with Crippen LogP contribution in [0.15, 0.2) is 49.1 Å². The molecule has 0 radical (unpaired) electrons. The molecule has 0 aliphatic carbocycles. The molecule has 3 rings (SSSR count). The summed E-state index contributed by atoms with van der Waals surface area (Å²) in [6.07, 6.45) is 6.94. The number of halogens is 1. The number of nitrogens with zero attached hydrogens (tertiary/aromatic N) is 5. The fourth-order valence-corrected chi connectivity index (χ4v) is 2.69. The van der Waals surface area contributed by atoms with E-state index in [2.05, 4.69) is 20.3 Å². The van der Waals surface area contributed by atoms with Crippen molar-refractivity contribution >= 4 is 5.82 Å². The van der Waals surface area contributed by atoms with Crippen LogP contribution < -0.4 is 5.32 Å². The highest BCUT2D eigenvalue weighted by Gasteiger charge is 2.15. The van der Waals surface area contributed by atoms with E-state index in [-0.39, 0.29) is 11.9 Å². The highest BCUT2D eigenvalue weighted by atomic mass is 19.1. The maximum Gasteiger partial charge on any atom is 0.159 e. The van der Waals surface area contributed by atoms with Crippen LogP contribution >= 0.6 is 0 Å². The van der Waals surface area contributed by atoms with Gasteiger partial charge in [0, 0.05) is 18.9 Å². The van der Waals surface area contributed by atoms with Crippen molar-refractivity contribution in [1.29, 1.82) is 0 Å². The normalized spacial score (nSPS) is 12.4. The number of hydrogen-bond donors (Lipinski definition) is 1. The maximum absolute atomic E-state index is 13.5. The molecule has 2 heterocycles. The van der Waals surface area contributed by atoms with Crippen LogP contribution in [0.2, 0.25) is 0 Å². The van der Waals surface area contributed by atoms with Gasteiger partial charge in [-0.25, -0.2) is 14.4 Å². The van der Waals surface area contributed by atoms with Crippen LogP contribution in [-0.4, -0.2) is 45.1 Å². The summed E-state index contributed by atoms with van der Waals surface area (Å²) < 4.78 is 15.4. The van der Waals surface area contributed by atoms with E-state index in [4.69, 9.17) is 0 Å². The predicted molar refractivity (Wildman–Crippen MR) is 95.2 cm³/mol. The van der Waals surface area contributed by atoms with E-state index in [9.17, 15) is 4.39 Å². The number of likely N-dealkylation sites (N-methyl/N-ethyl adjacent to an activating group) is 1. The average molecular weight is 340 g/mol. The lowest BCUT2D eigenvalue weighted by Gasteiger charge is -2.25. The predicted octanol–water partition coefficient (Wildman–Crippen LogP) is 2.82. The SMILES string of the molecule is Cc1nccn1-c1cncc(NC[C@H](c2cccc(F)c2)N(C)C)n1. The summed E-state index contributed by atoms with van der Waals surface area (Å²) in [7, 11) is 3.93. The summed E-state index contributed by atoms with van der Waals surface area (Å²) in [5, 5.41) is 3.29. The molecule has 6 nitrogen and oxygen atoms in total. The Balaban J connectivity index is 1.77. The topological polar surface area (TPSA) is 58.9 Å². The van der Waals surface area contributed by atoms with Crippen molar-refractivity contribution in [2.24, 2.45) is 0 Å². The Morgan fingerprint density at radius 3 is 2.80 bits per heavy atom. The molecule has 0 aliphatic rings. The monoisotopic (exact) mass is 340 g/mol. The van der Waals surface area contributed by atoms with Gasteiger partial charge in [-0.15, -0.1) is 0 Å². The zero-order valence-corrected chi connectivity index (χ0v) is 14.5. The van der Waals surface area contributed by atoms with E-state index in [1.54, 1.807) is 30.7 Å². The van der Waals surface area contributed by atoms with Crippen LogP contribution in [0.4, 0.5) is 10.2 Å². The van der Waals surface area contributed by atoms with Crippen molar-refractivity contribution in [2.75, 3.05) is 26.0 Å². The van der Waals surface area contributed by atoms with Gasteiger partial charge in [0.2, 0.25) is 0 Å². The van der Waals surface area contributed by atoms with Crippen LogP contribution in [0.5, 0.6) is 0 Å². The van der Waals surface area contributed by atoms with Gasteiger partial charge in [0.15, 0.2) is 5.82 Å². The van der Waals surface area contributed by atoms with Gasteiger partial charge in [0.1, 0.15) is 17.5 Å². The molecule has 3 aromatic rings. The highest BCUT2D eigenvalue weighted by Crippen LogP contribution is 2.20. The summed E-state index contributed by atoms with van der Waals surface area (Å²) in [6, 6.07) is 6.67. The molecule has 0 aliphatic heterocycles. The van der Waals surface area contributed by atoms with Gasteiger partial charge >= 0.3 is 0 Å². The van der Waals surface area contributed by atoms with Gasteiger partial charge in [-0.3, -0.25) is 9.55 Å². The number of rotatable bonds is 6. The van der Waals surface area contributed by atoms with Crippen molar-refractivity contribution in [3.63, 3.8) is 0 Å². The number of aryl methyl sites for hydroxylation is 1. The lowest BCUT2D eigenvalue weighted by atomic mass is 10.1. The van der Waals surface area contributed by atoms with Gasteiger partial charge in [-0.05, 0) is 38.7 Å². The Morgan fingerprint density at radius 2 is 2.12 bits per heavy atom. The largest absolute Gasteiger partial charge is 0.367 e. The summed E-state index contributed by atoms with van der Waals surface area (Å²) in [4.78, 5) is 15.1. The molecule has 0 saturated heterocycles. The van der Waals surface area contributed by atoms with Crippen LogP contribution in [0.1, 0.15) is 17.4 Å². The average Bonchev–Trinajstić information content (AvgIpc) is 3.01. The Hall–Kier alpha value is -2.80. The molecule has 0 saturated carbocycles. The quantitative estimate of drug-likeness (QED) is 0.748. The van der Waals surface area contributed by atoms with E-state index in [0.29, 0.717) is 18.2 Å². The number of aromatic nitrogens is 4. The Bertz CT molecular complexity index is 845. The first-order valence-electron chi connectivity index (χ1n) is 8.02. The van der Waals surface area contributed by atoms with Crippen LogP contribution in [-0.2, 0) is 0 Å². The van der Waals surface area contributed by atoms with Crippen molar-refractivity contribution in [2.45, 2.75) is 13.0 Å². The zero-order chi connectivity index (χ0) is 17.8. The Kier molecular flexibility index (Phi) is 5.04. The van der Waals surface area contributed by atoms with Crippen molar-refractivity contribution < 1.29 is 4.39 Å². The molecule has 0 unspecified atom stereocenters. The fourth-order valence-electron chi connectivity index (χ4n) is 2.69. The molecule has 0 spiro atoms. The van der Waals surface area contributed by atoms with Crippen LogP contribution in [0.3, 0.4) is 0 Å². The molecule has 0 fully saturated rings. The number of benzene rings is 1. The van der Waals surface area contributed by atoms with Gasteiger partial charge in [-0.2, -0.15) is 0 Å². The fraction of sp³-hybridized carbons (Fsp3) is 0.278. The lowest BCUT2D eigenvalue weighted by molar-refractivity contribution is 0.311. The first-order valence-corrected chi connectivity index (χ1v) is 8.02. The number of hydrogen-bond acceptors (Lipinski definition) is 5. The Morgan fingerprint density at radius 1 is 1.28 bits per heavy atom. The maximum atomic E-state index is 13.5. The smallest absolute Gasteiger partial charge is 0.159 e. The summed E-state index contributed by atoms with van der Waals surface area (Å²) in [5.74, 6) is 1.97. The van der Waals surface area contributed by atoms with Crippen molar-refractivity contribution in [1.82, 2.24) is 24.4 Å². The second-order valence-electron chi connectivity index (χ2n) is 6.02. The molecule has 130 valence electrons. The third kappa shape index (κ3) is 4.00. The van der Waals surface area contributed by atoms with Crippen molar-refractivity contribution in [3.8, 4) is 5.82 Å².